The zero-order chi connectivity index (χ0) is 15.1. The minimum atomic E-state index is -1.33. The van der Waals surface area contributed by atoms with E-state index in [4.69, 9.17) is 10.2 Å². The van der Waals surface area contributed by atoms with Gasteiger partial charge in [-0.2, -0.15) is 0 Å². The van der Waals surface area contributed by atoms with Crippen LogP contribution in [0.1, 0.15) is 77.6 Å². The molecule has 2 nitrogen and oxygen atoms in total. The summed E-state index contributed by atoms with van der Waals surface area (Å²) in [6.45, 7) is 8.75. The standard InChI is InChI=1S/C17H39NOSi/c1-4-16-19-20(2,3)17-14-12-10-8-6-5-7-9-11-13-15-18/h4-18H2,1-3H3. The van der Waals surface area contributed by atoms with Gasteiger partial charge in [-0.15, -0.1) is 0 Å². The number of hydrogen-bond donors (Lipinski definition) is 1. The lowest BCUT2D eigenvalue weighted by molar-refractivity contribution is 0.305. The van der Waals surface area contributed by atoms with Crippen molar-refractivity contribution >= 4 is 8.32 Å². The van der Waals surface area contributed by atoms with Gasteiger partial charge in [0.05, 0.1) is 0 Å². The van der Waals surface area contributed by atoms with Gasteiger partial charge in [-0.1, -0.05) is 64.7 Å². The van der Waals surface area contributed by atoms with Crippen LogP contribution in [0.2, 0.25) is 19.1 Å². The van der Waals surface area contributed by atoms with E-state index in [9.17, 15) is 0 Å². The summed E-state index contributed by atoms with van der Waals surface area (Å²) in [7, 11) is -1.33. The molecule has 0 atom stereocenters. The molecule has 3 heteroatoms. The van der Waals surface area contributed by atoms with Crippen LogP contribution in [0.15, 0.2) is 0 Å². The number of unbranched alkanes of at least 4 members (excludes halogenated alkanes) is 9. The minimum Gasteiger partial charge on any atom is -0.417 e. The van der Waals surface area contributed by atoms with Crippen molar-refractivity contribution in [1.82, 2.24) is 0 Å². The SMILES string of the molecule is CCCO[Si](C)(C)CCCCCCCCCCCCN. The van der Waals surface area contributed by atoms with E-state index in [2.05, 4.69) is 20.0 Å². The molecular weight excluding hydrogens is 262 g/mol. The molecule has 0 saturated carbocycles. The predicted molar refractivity (Wildman–Crippen MR) is 93.8 cm³/mol. The summed E-state index contributed by atoms with van der Waals surface area (Å²) in [6, 6.07) is 1.34. The second-order valence-electron chi connectivity index (χ2n) is 6.68. The van der Waals surface area contributed by atoms with Crippen molar-refractivity contribution in [2.24, 2.45) is 5.73 Å². The molecule has 0 aliphatic heterocycles. The lowest BCUT2D eigenvalue weighted by atomic mass is 10.1. The Morgan fingerprint density at radius 2 is 1.20 bits per heavy atom. The van der Waals surface area contributed by atoms with E-state index in [0.717, 1.165) is 19.6 Å². The molecule has 0 fully saturated rings. The van der Waals surface area contributed by atoms with Crippen molar-refractivity contribution in [3.8, 4) is 0 Å². The summed E-state index contributed by atoms with van der Waals surface area (Å²) in [5.74, 6) is 0. The van der Waals surface area contributed by atoms with Crippen molar-refractivity contribution in [3.63, 3.8) is 0 Å². The summed E-state index contributed by atoms with van der Waals surface area (Å²) in [6.07, 6.45) is 14.9. The van der Waals surface area contributed by atoms with Gasteiger partial charge in [-0.25, -0.2) is 0 Å². The molecule has 0 bridgehead atoms. The van der Waals surface area contributed by atoms with E-state index < -0.39 is 8.32 Å². The first-order valence-corrected chi connectivity index (χ1v) is 12.1. The monoisotopic (exact) mass is 301 g/mol. The summed E-state index contributed by atoms with van der Waals surface area (Å²) >= 11 is 0. The van der Waals surface area contributed by atoms with Crippen molar-refractivity contribution in [3.05, 3.63) is 0 Å². The molecule has 0 unspecified atom stereocenters. The Morgan fingerprint density at radius 3 is 1.65 bits per heavy atom. The summed E-state index contributed by atoms with van der Waals surface area (Å²) < 4.78 is 6.00. The van der Waals surface area contributed by atoms with Gasteiger partial charge in [0.15, 0.2) is 8.32 Å². The summed E-state index contributed by atoms with van der Waals surface area (Å²) in [5.41, 5.74) is 5.49. The highest BCUT2D eigenvalue weighted by atomic mass is 28.4. The fraction of sp³-hybridized carbons (Fsp3) is 1.00. The molecule has 0 amide bonds. The molecule has 0 aliphatic rings. The second-order valence-corrected chi connectivity index (χ2v) is 11.0. The van der Waals surface area contributed by atoms with Gasteiger partial charge in [0.1, 0.15) is 0 Å². The van der Waals surface area contributed by atoms with Crippen molar-refractivity contribution < 1.29 is 4.43 Å². The normalized spacial score (nSPS) is 12.0. The first-order valence-electron chi connectivity index (χ1n) is 8.96. The zero-order valence-corrected chi connectivity index (χ0v) is 15.4. The van der Waals surface area contributed by atoms with Crippen LogP contribution in [-0.2, 0) is 4.43 Å². The molecule has 20 heavy (non-hydrogen) atoms. The molecule has 0 spiro atoms. The van der Waals surface area contributed by atoms with Crippen molar-refractivity contribution in [2.45, 2.75) is 96.7 Å². The van der Waals surface area contributed by atoms with Crippen molar-refractivity contribution in [2.75, 3.05) is 13.2 Å². The van der Waals surface area contributed by atoms with Crippen LogP contribution in [0.4, 0.5) is 0 Å². The van der Waals surface area contributed by atoms with E-state index >= 15 is 0 Å². The highest BCUT2D eigenvalue weighted by molar-refractivity contribution is 6.71. The summed E-state index contributed by atoms with van der Waals surface area (Å²) in [4.78, 5) is 0. The van der Waals surface area contributed by atoms with Crippen LogP contribution >= 0.6 is 0 Å². The quantitative estimate of drug-likeness (QED) is 0.321. The average molecular weight is 302 g/mol. The lowest BCUT2D eigenvalue weighted by Gasteiger charge is -2.22. The molecule has 0 saturated heterocycles. The lowest BCUT2D eigenvalue weighted by Crippen LogP contribution is -2.30. The van der Waals surface area contributed by atoms with Crippen LogP contribution in [0.3, 0.4) is 0 Å². The van der Waals surface area contributed by atoms with Crippen molar-refractivity contribution in [1.29, 1.82) is 0 Å². The topological polar surface area (TPSA) is 35.2 Å². The van der Waals surface area contributed by atoms with Gasteiger partial charge in [-0.3, -0.25) is 0 Å². The number of rotatable bonds is 15. The fourth-order valence-electron chi connectivity index (χ4n) is 2.56. The molecule has 0 aromatic rings. The Hall–Kier alpha value is 0.137. The van der Waals surface area contributed by atoms with Crippen LogP contribution in [0, 0.1) is 0 Å². The molecule has 0 rings (SSSR count). The van der Waals surface area contributed by atoms with Gasteiger partial charge < -0.3 is 10.2 Å². The van der Waals surface area contributed by atoms with Gasteiger partial charge in [-0.05, 0) is 38.5 Å². The van der Waals surface area contributed by atoms with Gasteiger partial charge in [0.2, 0.25) is 0 Å². The summed E-state index contributed by atoms with van der Waals surface area (Å²) in [5, 5.41) is 0. The first-order chi connectivity index (χ1) is 9.62. The molecule has 0 aliphatic carbocycles. The number of nitrogens with two attached hydrogens (primary N) is 1. The minimum absolute atomic E-state index is 0.863. The molecule has 122 valence electrons. The third-order valence-electron chi connectivity index (χ3n) is 3.93. The zero-order valence-electron chi connectivity index (χ0n) is 14.4. The maximum absolute atomic E-state index is 6.00. The third-order valence-corrected chi connectivity index (χ3v) is 6.47. The van der Waals surface area contributed by atoms with Gasteiger partial charge in [0, 0.05) is 6.61 Å². The Balaban J connectivity index is 3.20. The van der Waals surface area contributed by atoms with E-state index in [1.165, 1.54) is 70.3 Å². The molecule has 0 radical (unpaired) electrons. The Kier molecular flexibility index (Phi) is 14.2. The fourth-order valence-corrected chi connectivity index (χ4v) is 4.56. The maximum Gasteiger partial charge on any atom is 0.186 e. The largest absolute Gasteiger partial charge is 0.417 e. The molecule has 0 aromatic carbocycles. The molecular formula is C17H39NOSi. The Morgan fingerprint density at radius 1 is 0.750 bits per heavy atom. The van der Waals surface area contributed by atoms with Gasteiger partial charge >= 0.3 is 0 Å². The van der Waals surface area contributed by atoms with Crippen LogP contribution in [-0.4, -0.2) is 21.5 Å². The van der Waals surface area contributed by atoms with E-state index in [1.54, 1.807) is 0 Å². The first kappa shape index (κ1) is 20.1. The third kappa shape index (κ3) is 14.5. The van der Waals surface area contributed by atoms with Crippen LogP contribution < -0.4 is 5.73 Å². The Labute approximate surface area is 129 Å². The molecule has 0 aromatic heterocycles. The second kappa shape index (κ2) is 14.1. The van der Waals surface area contributed by atoms with E-state index in [1.807, 2.05) is 0 Å². The number of hydrogen-bond acceptors (Lipinski definition) is 2. The predicted octanol–water partition coefficient (Wildman–Crippen LogP) is 5.48. The average Bonchev–Trinajstić information content (AvgIpc) is 2.42. The van der Waals surface area contributed by atoms with E-state index in [0.29, 0.717) is 0 Å². The van der Waals surface area contributed by atoms with Crippen LogP contribution in [0.5, 0.6) is 0 Å². The Bertz CT molecular complexity index is 197. The highest BCUT2D eigenvalue weighted by Gasteiger charge is 2.20. The highest BCUT2D eigenvalue weighted by Crippen LogP contribution is 2.18. The molecule has 2 N–H and O–H groups in total. The van der Waals surface area contributed by atoms with E-state index in [-0.39, 0.29) is 0 Å². The smallest absolute Gasteiger partial charge is 0.186 e. The molecule has 0 heterocycles. The maximum atomic E-state index is 6.00. The van der Waals surface area contributed by atoms with Gasteiger partial charge in [0.25, 0.3) is 0 Å². The van der Waals surface area contributed by atoms with Crippen LogP contribution in [0.25, 0.3) is 0 Å².